The number of halogens is 2. The van der Waals surface area contributed by atoms with Gasteiger partial charge < -0.3 is 3.07 Å². The van der Waals surface area contributed by atoms with Crippen molar-refractivity contribution in [2.45, 2.75) is 12.8 Å². The first-order valence-corrected chi connectivity index (χ1v) is 5.45. The van der Waals surface area contributed by atoms with E-state index in [9.17, 15) is 4.79 Å². The van der Waals surface area contributed by atoms with Crippen molar-refractivity contribution < 1.29 is 7.86 Å². The Kier molecular flexibility index (Phi) is 4.72. The molecule has 0 heterocycles. The van der Waals surface area contributed by atoms with Crippen LogP contribution in [0.2, 0.25) is 0 Å². The smallest absolute Gasteiger partial charge is 0.315 e. The molecular formula is C9H8BrIO2. The molecule has 13 heavy (non-hydrogen) atoms. The van der Waals surface area contributed by atoms with Crippen LogP contribution in [-0.2, 0) is 14.3 Å². The minimum Gasteiger partial charge on any atom is -0.394 e. The SMILES string of the molecule is O=C(CCc1cccc(Br)c1)OI. The number of hydrogen-bond acceptors (Lipinski definition) is 2. The Balaban J connectivity index is 2.50. The molecule has 0 bridgehead atoms. The van der Waals surface area contributed by atoms with Crippen molar-refractivity contribution in [3.8, 4) is 0 Å². The van der Waals surface area contributed by atoms with Gasteiger partial charge in [-0.1, -0.05) is 28.1 Å². The summed E-state index contributed by atoms with van der Waals surface area (Å²) in [7, 11) is 0. The van der Waals surface area contributed by atoms with Crippen LogP contribution in [0.15, 0.2) is 28.7 Å². The summed E-state index contributed by atoms with van der Waals surface area (Å²) in [6.45, 7) is 0. The molecule has 1 aromatic rings. The van der Waals surface area contributed by atoms with Crippen molar-refractivity contribution >= 4 is 44.9 Å². The number of aryl methyl sites for hydroxylation is 1. The van der Waals surface area contributed by atoms with Crippen LogP contribution in [-0.4, -0.2) is 5.97 Å². The topological polar surface area (TPSA) is 26.3 Å². The van der Waals surface area contributed by atoms with Gasteiger partial charge in [0.05, 0.1) is 6.42 Å². The zero-order valence-corrected chi connectivity index (χ0v) is 10.5. The van der Waals surface area contributed by atoms with Gasteiger partial charge >= 0.3 is 5.97 Å². The lowest BCUT2D eigenvalue weighted by atomic mass is 10.1. The first kappa shape index (κ1) is 11.0. The molecule has 0 atom stereocenters. The molecule has 0 aromatic heterocycles. The number of carbonyl (C=O) groups is 1. The zero-order valence-electron chi connectivity index (χ0n) is 6.80. The van der Waals surface area contributed by atoms with Crippen LogP contribution in [0.5, 0.6) is 0 Å². The fraction of sp³-hybridized carbons (Fsp3) is 0.222. The molecule has 0 fully saturated rings. The molecule has 1 aromatic carbocycles. The Morgan fingerprint density at radius 2 is 2.31 bits per heavy atom. The molecule has 0 spiro atoms. The van der Waals surface area contributed by atoms with Crippen LogP contribution in [0.3, 0.4) is 0 Å². The summed E-state index contributed by atoms with van der Waals surface area (Å²) < 4.78 is 5.56. The second kappa shape index (κ2) is 5.59. The summed E-state index contributed by atoms with van der Waals surface area (Å²) in [6.07, 6.45) is 1.15. The fourth-order valence-electron chi connectivity index (χ4n) is 0.977. The van der Waals surface area contributed by atoms with Crippen molar-refractivity contribution in [1.29, 1.82) is 0 Å². The Labute approximate surface area is 99.5 Å². The number of benzene rings is 1. The minimum absolute atomic E-state index is 0.180. The van der Waals surface area contributed by atoms with Crippen LogP contribution >= 0.6 is 38.9 Å². The van der Waals surface area contributed by atoms with Crippen molar-refractivity contribution in [3.05, 3.63) is 34.3 Å². The van der Waals surface area contributed by atoms with E-state index in [1.165, 1.54) is 0 Å². The third-order valence-corrected chi connectivity index (χ3v) is 2.58. The summed E-state index contributed by atoms with van der Waals surface area (Å²) >= 11 is 4.97. The van der Waals surface area contributed by atoms with E-state index in [0.29, 0.717) is 6.42 Å². The van der Waals surface area contributed by atoms with Crippen molar-refractivity contribution in [2.75, 3.05) is 0 Å². The molecule has 0 aliphatic heterocycles. The van der Waals surface area contributed by atoms with Gasteiger partial charge in [0.25, 0.3) is 0 Å². The first-order chi connectivity index (χ1) is 6.22. The highest BCUT2D eigenvalue weighted by molar-refractivity contribution is 14.1. The van der Waals surface area contributed by atoms with E-state index in [4.69, 9.17) is 0 Å². The third-order valence-electron chi connectivity index (χ3n) is 1.59. The van der Waals surface area contributed by atoms with Gasteiger partial charge in [-0.05, 0) is 24.1 Å². The van der Waals surface area contributed by atoms with Gasteiger partial charge in [-0.25, -0.2) is 0 Å². The van der Waals surface area contributed by atoms with Crippen LogP contribution in [0, 0.1) is 0 Å². The molecule has 2 nitrogen and oxygen atoms in total. The Morgan fingerprint density at radius 1 is 1.54 bits per heavy atom. The predicted octanol–water partition coefficient (Wildman–Crippen LogP) is 3.27. The Bertz CT molecular complexity index is 301. The van der Waals surface area contributed by atoms with Crippen LogP contribution in [0.4, 0.5) is 0 Å². The predicted molar refractivity (Wildman–Crippen MR) is 62.6 cm³/mol. The Hall–Kier alpha value is -0.100. The van der Waals surface area contributed by atoms with Gasteiger partial charge in [0.15, 0.2) is 23.0 Å². The van der Waals surface area contributed by atoms with Crippen LogP contribution in [0.1, 0.15) is 12.0 Å². The van der Waals surface area contributed by atoms with E-state index in [-0.39, 0.29) is 5.97 Å². The standard InChI is InChI=1S/C9H8BrIO2/c10-8-3-1-2-7(6-8)4-5-9(12)13-11/h1-3,6H,4-5H2. The second-order valence-electron chi connectivity index (χ2n) is 2.58. The second-order valence-corrected chi connectivity index (χ2v) is 3.94. The normalized spacial score (nSPS) is 9.69. The van der Waals surface area contributed by atoms with E-state index in [1.54, 1.807) is 23.0 Å². The molecule has 0 aliphatic rings. The fourth-order valence-corrected chi connectivity index (χ4v) is 1.64. The van der Waals surface area contributed by atoms with Crippen molar-refractivity contribution in [1.82, 2.24) is 0 Å². The largest absolute Gasteiger partial charge is 0.394 e. The third kappa shape index (κ3) is 4.08. The van der Waals surface area contributed by atoms with E-state index in [0.717, 1.165) is 16.5 Å². The molecule has 70 valence electrons. The number of hydrogen-bond donors (Lipinski definition) is 0. The van der Waals surface area contributed by atoms with E-state index >= 15 is 0 Å². The highest BCUT2D eigenvalue weighted by Crippen LogP contribution is 2.13. The van der Waals surface area contributed by atoms with Crippen LogP contribution < -0.4 is 0 Å². The summed E-state index contributed by atoms with van der Waals surface area (Å²) in [5.74, 6) is -0.180. The molecule has 0 saturated carbocycles. The maximum atomic E-state index is 10.8. The van der Waals surface area contributed by atoms with Crippen molar-refractivity contribution in [2.24, 2.45) is 0 Å². The average Bonchev–Trinajstić information content (AvgIpc) is 2.14. The molecule has 0 aliphatic carbocycles. The maximum absolute atomic E-state index is 10.8. The molecule has 0 amide bonds. The highest BCUT2D eigenvalue weighted by Gasteiger charge is 2.01. The molecule has 0 radical (unpaired) electrons. The van der Waals surface area contributed by atoms with Gasteiger partial charge in [0, 0.05) is 4.47 Å². The van der Waals surface area contributed by atoms with Crippen molar-refractivity contribution in [3.63, 3.8) is 0 Å². The van der Waals surface area contributed by atoms with Gasteiger partial charge in [0.1, 0.15) is 0 Å². The van der Waals surface area contributed by atoms with Gasteiger partial charge in [0.2, 0.25) is 0 Å². The minimum atomic E-state index is -0.180. The van der Waals surface area contributed by atoms with Crippen LogP contribution in [0.25, 0.3) is 0 Å². The summed E-state index contributed by atoms with van der Waals surface area (Å²) in [5, 5.41) is 0. The van der Waals surface area contributed by atoms with Gasteiger partial charge in [-0.15, -0.1) is 0 Å². The molecule has 0 unspecified atom stereocenters. The Morgan fingerprint density at radius 3 is 2.92 bits per heavy atom. The molecular weight excluding hydrogens is 347 g/mol. The lowest BCUT2D eigenvalue weighted by Crippen LogP contribution is -1.98. The molecule has 4 heteroatoms. The summed E-state index contributed by atoms with van der Waals surface area (Å²) in [6, 6.07) is 7.90. The highest BCUT2D eigenvalue weighted by atomic mass is 127. The van der Waals surface area contributed by atoms with E-state index in [2.05, 4.69) is 19.0 Å². The lowest BCUT2D eigenvalue weighted by Gasteiger charge is -1.99. The number of rotatable bonds is 3. The van der Waals surface area contributed by atoms with Gasteiger partial charge in [-0.2, -0.15) is 0 Å². The monoisotopic (exact) mass is 354 g/mol. The molecule has 1 rings (SSSR count). The van der Waals surface area contributed by atoms with Gasteiger partial charge in [-0.3, -0.25) is 4.79 Å². The first-order valence-electron chi connectivity index (χ1n) is 3.78. The summed E-state index contributed by atoms with van der Waals surface area (Å²) in [4.78, 5) is 10.8. The molecule has 0 N–H and O–H groups in total. The lowest BCUT2D eigenvalue weighted by molar-refractivity contribution is -0.131. The van der Waals surface area contributed by atoms with E-state index < -0.39 is 0 Å². The maximum Gasteiger partial charge on any atom is 0.315 e. The molecule has 0 saturated heterocycles. The quantitative estimate of drug-likeness (QED) is 0.779. The summed E-state index contributed by atoms with van der Waals surface area (Å²) in [5.41, 5.74) is 1.14. The zero-order chi connectivity index (χ0) is 9.68. The average molecular weight is 355 g/mol. The van der Waals surface area contributed by atoms with E-state index in [1.807, 2.05) is 24.3 Å². The number of carbonyl (C=O) groups excluding carboxylic acids is 1.